The van der Waals surface area contributed by atoms with Crippen LogP contribution in [0.4, 0.5) is 11.9 Å². The largest absolute Gasteiger partial charge is 0.454 e. The molecule has 7 nitrogen and oxygen atoms in total. The van der Waals surface area contributed by atoms with Gasteiger partial charge in [-0.15, -0.1) is 0 Å². The quantitative estimate of drug-likeness (QED) is 0.550. The fraction of sp³-hybridized carbons (Fsp3) is 0.111. The van der Waals surface area contributed by atoms with Gasteiger partial charge in [0.25, 0.3) is 0 Å². The van der Waals surface area contributed by atoms with Crippen molar-refractivity contribution in [3.8, 4) is 11.1 Å². The van der Waals surface area contributed by atoms with Crippen molar-refractivity contribution in [3.05, 3.63) is 65.0 Å². The molecule has 0 fully saturated rings. The summed E-state index contributed by atoms with van der Waals surface area (Å²) in [5, 5.41) is 0. The molecule has 0 amide bonds. The Morgan fingerprint density at radius 1 is 0.960 bits per heavy atom. The summed E-state index contributed by atoms with van der Waals surface area (Å²) in [6.45, 7) is -0.118. The Balaban J connectivity index is 1.51. The van der Waals surface area contributed by atoms with Gasteiger partial charge in [-0.2, -0.15) is 15.0 Å². The van der Waals surface area contributed by atoms with Crippen LogP contribution >= 0.6 is 0 Å². The molecule has 0 radical (unpaired) electrons. The highest BCUT2D eigenvalue weighted by Crippen LogP contribution is 2.36. The molecule has 1 heterocycles. The molecular formula is C18H15N5O2. The summed E-state index contributed by atoms with van der Waals surface area (Å²) in [6, 6.07) is 13.8. The maximum absolute atomic E-state index is 12.3. The fourth-order valence-electron chi connectivity index (χ4n) is 3.01. The average Bonchev–Trinajstić information content (AvgIpc) is 2.96. The maximum Gasteiger partial charge on any atom is 0.338 e. The molecule has 0 saturated carbocycles. The number of anilines is 2. The van der Waals surface area contributed by atoms with Gasteiger partial charge in [0.05, 0.1) is 5.56 Å². The Kier molecular flexibility index (Phi) is 3.53. The number of ether oxygens (including phenoxy) is 1. The summed E-state index contributed by atoms with van der Waals surface area (Å²) in [5.41, 5.74) is 16.2. The lowest BCUT2D eigenvalue weighted by atomic mass is 10.0. The van der Waals surface area contributed by atoms with Gasteiger partial charge in [0.2, 0.25) is 11.9 Å². The minimum atomic E-state index is -0.448. The highest BCUT2D eigenvalue weighted by Gasteiger charge is 2.20. The van der Waals surface area contributed by atoms with Crippen molar-refractivity contribution in [1.82, 2.24) is 15.0 Å². The van der Waals surface area contributed by atoms with E-state index in [1.807, 2.05) is 24.3 Å². The molecule has 4 N–H and O–H groups in total. The highest BCUT2D eigenvalue weighted by molar-refractivity contribution is 5.91. The molecule has 1 aliphatic carbocycles. The van der Waals surface area contributed by atoms with Gasteiger partial charge in [-0.05, 0) is 40.8 Å². The smallest absolute Gasteiger partial charge is 0.338 e. The van der Waals surface area contributed by atoms with Crippen LogP contribution < -0.4 is 11.5 Å². The number of carbonyl (C=O) groups excluding carboxylic acids is 1. The van der Waals surface area contributed by atoms with E-state index in [1.54, 1.807) is 6.07 Å². The molecule has 1 aromatic heterocycles. The minimum Gasteiger partial charge on any atom is -0.454 e. The van der Waals surface area contributed by atoms with Gasteiger partial charge in [0.15, 0.2) is 12.4 Å². The molecule has 2 aromatic carbocycles. The van der Waals surface area contributed by atoms with Crippen LogP contribution in [0, 0.1) is 0 Å². The molecular weight excluding hydrogens is 318 g/mol. The first-order chi connectivity index (χ1) is 12.1. The van der Waals surface area contributed by atoms with Gasteiger partial charge in [-0.3, -0.25) is 0 Å². The van der Waals surface area contributed by atoms with Crippen molar-refractivity contribution in [3.63, 3.8) is 0 Å². The molecule has 1 aliphatic rings. The summed E-state index contributed by atoms with van der Waals surface area (Å²) in [4.78, 5) is 23.7. The van der Waals surface area contributed by atoms with Gasteiger partial charge < -0.3 is 16.2 Å². The van der Waals surface area contributed by atoms with E-state index in [9.17, 15) is 4.79 Å². The number of fused-ring (bicyclic) bond motifs is 3. The first-order valence-corrected chi connectivity index (χ1v) is 7.74. The zero-order valence-corrected chi connectivity index (χ0v) is 13.3. The molecule has 0 saturated heterocycles. The van der Waals surface area contributed by atoms with E-state index in [0.717, 1.165) is 17.5 Å². The molecule has 3 aromatic rings. The third-order valence-corrected chi connectivity index (χ3v) is 4.08. The molecule has 0 spiro atoms. The van der Waals surface area contributed by atoms with Gasteiger partial charge in [0, 0.05) is 0 Å². The number of hydrogen-bond acceptors (Lipinski definition) is 7. The lowest BCUT2D eigenvalue weighted by Gasteiger charge is -2.07. The van der Waals surface area contributed by atoms with E-state index < -0.39 is 5.97 Å². The number of nitrogens with zero attached hydrogens (tertiary/aromatic N) is 3. The first kappa shape index (κ1) is 15.1. The molecule has 124 valence electrons. The highest BCUT2D eigenvalue weighted by atomic mass is 16.5. The Morgan fingerprint density at radius 3 is 2.48 bits per heavy atom. The van der Waals surface area contributed by atoms with Crippen LogP contribution in [-0.4, -0.2) is 20.9 Å². The number of rotatable bonds is 3. The number of benzene rings is 2. The molecule has 7 heteroatoms. The standard InChI is InChI=1S/C18H15N5O2/c19-17-21-15(22-18(20)23-17)9-25-16(24)11-5-6-14-12(8-11)7-10-3-1-2-4-13(10)14/h1-6,8H,7,9H2,(H4,19,20,21,22,23). The van der Waals surface area contributed by atoms with E-state index in [0.29, 0.717) is 5.56 Å². The zero-order valence-electron chi connectivity index (χ0n) is 13.3. The van der Waals surface area contributed by atoms with Gasteiger partial charge in [-0.25, -0.2) is 4.79 Å². The number of aromatic nitrogens is 3. The van der Waals surface area contributed by atoms with Crippen molar-refractivity contribution in [1.29, 1.82) is 0 Å². The summed E-state index contributed by atoms with van der Waals surface area (Å²) < 4.78 is 5.26. The minimum absolute atomic E-state index is 0.00570. The Labute approximate surface area is 143 Å². The molecule has 25 heavy (non-hydrogen) atoms. The van der Waals surface area contributed by atoms with Crippen molar-refractivity contribution < 1.29 is 9.53 Å². The maximum atomic E-state index is 12.3. The van der Waals surface area contributed by atoms with Gasteiger partial charge in [-0.1, -0.05) is 30.3 Å². The van der Waals surface area contributed by atoms with Gasteiger partial charge >= 0.3 is 5.97 Å². The number of esters is 1. The normalized spacial score (nSPS) is 11.7. The predicted molar refractivity (Wildman–Crippen MR) is 92.5 cm³/mol. The van der Waals surface area contributed by atoms with E-state index in [4.69, 9.17) is 16.2 Å². The molecule has 0 unspecified atom stereocenters. The third-order valence-electron chi connectivity index (χ3n) is 4.08. The van der Waals surface area contributed by atoms with E-state index in [1.165, 1.54) is 11.1 Å². The number of nitrogen functional groups attached to an aromatic ring is 2. The summed E-state index contributed by atoms with van der Waals surface area (Å²) in [7, 11) is 0. The number of carbonyl (C=O) groups is 1. The monoisotopic (exact) mass is 333 g/mol. The summed E-state index contributed by atoms with van der Waals surface area (Å²) in [6.07, 6.45) is 0.813. The summed E-state index contributed by atoms with van der Waals surface area (Å²) >= 11 is 0. The second-order valence-corrected chi connectivity index (χ2v) is 5.75. The third kappa shape index (κ3) is 2.87. The topological polar surface area (TPSA) is 117 Å². The summed E-state index contributed by atoms with van der Waals surface area (Å²) in [5.74, 6) is -0.245. The van der Waals surface area contributed by atoms with Crippen molar-refractivity contribution in [2.45, 2.75) is 13.0 Å². The van der Waals surface area contributed by atoms with Crippen LogP contribution in [0.15, 0.2) is 42.5 Å². The second-order valence-electron chi connectivity index (χ2n) is 5.75. The first-order valence-electron chi connectivity index (χ1n) is 7.74. The Morgan fingerprint density at radius 2 is 1.68 bits per heavy atom. The van der Waals surface area contributed by atoms with Crippen LogP contribution in [0.2, 0.25) is 0 Å². The van der Waals surface area contributed by atoms with Crippen LogP contribution in [-0.2, 0) is 17.8 Å². The molecule has 4 rings (SSSR count). The fourth-order valence-corrected chi connectivity index (χ4v) is 3.01. The van der Waals surface area contributed by atoms with Crippen molar-refractivity contribution in [2.75, 3.05) is 11.5 Å². The van der Waals surface area contributed by atoms with Crippen LogP contribution in [0.5, 0.6) is 0 Å². The van der Waals surface area contributed by atoms with E-state index in [-0.39, 0.29) is 24.3 Å². The Hall–Kier alpha value is -3.48. The average molecular weight is 333 g/mol. The lowest BCUT2D eigenvalue weighted by molar-refractivity contribution is 0.0462. The Bertz CT molecular complexity index is 967. The number of hydrogen-bond donors (Lipinski definition) is 2. The predicted octanol–water partition coefficient (Wildman–Crippen LogP) is 1.96. The molecule has 0 atom stereocenters. The lowest BCUT2D eigenvalue weighted by Crippen LogP contribution is -2.11. The molecule has 0 bridgehead atoms. The van der Waals surface area contributed by atoms with Crippen molar-refractivity contribution in [2.24, 2.45) is 0 Å². The van der Waals surface area contributed by atoms with E-state index in [2.05, 4.69) is 27.1 Å². The van der Waals surface area contributed by atoms with Crippen LogP contribution in [0.1, 0.15) is 27.3 Å². The van der Waals surface area contributed by atoms with Gasteiger partial charge in [0.1, 0.15) is 0 Å². The van der Waals surface area contributed by atoms with E-state index >= 15 is 0 Å². The second kappa shape index (κ2) is 5.86. The SMILES string of the molecule is Nc1nc(N)nc(COC(=O)c2ccc3c(c2)Cc2ccccc2-3)n1. The molecule has 0 aliphatic heterocycles. The van der Waals surface area contributed by atoms with Crippen LogP contribution in [0.3, 0.4) is 0 Å². The van der Waals surface area contributed by atoms with Crippen LogP contribution in [0.25, 0.3) is 11.1 Å². The van der Waals surface area contributed by atoms with Crippen molar-refractivity contribution >= 4 is 17.9 Å². The zero-order chi connectivity index (χ0) is 17.4. The number of nitrogens with two attached hydrogens (primary N) is 2.